The fourth-order valence-electron chi connectivity index (χ4n) is 11.9. The molecule has 5 fully saturated rings. The van der Waals surface area contributed by atoms with Gasteiger partial charge in [-0.05, 0) is 111 Å². The van der Waals surface area contributed by atoms with Crippen molar-refractivity contribution in [3.05, 3.63) is 11.6 Å². The number of hydrogen-bond acceptors (Lipinski definition) is 4. The summed E-state index contributed by atoms with van der Waals surface area (Å²) in [5.41, 5.74) is 0.690. The van der Waals surface area contributed by atoms with Crippen LogP contribution in [0.4, 0.5) is 0 Å². The van der Waals surface area contributed by atoms with Gasteiger partial charge in [-0.15, -0.1) is 0 Å². The third-order valence-electron chi connectivity index (χ3n) is 14.3. The number of hydrogen-bond donors (Lipinski definition) is 2. The maximum atomic E-state index is 12.9. The zero-order valence-corrected chi connectivity index (χ0v) is 25.1. The van der Waals surface area contributed by atoms with Crippen LogP contribution in [-0.4, -0.2) is 40.8 Å². The van der Waals surface area contributed by atoms with Gasteiger partial charge in [0.25, 0.3) is 0 Å². The molecule has 2 N–H and O–H groups in total. The van der Waals surface area contributed by atoms with Crippen molar-refractivity contribution in [2.75, 3.05) is 6.61 Å². The number of carbonyl (C=O) groups is 1. The molecule has 0 amide bonds. The van der Waals surface area contributed by atoms with Crippen LogP contribution < -0.4 is 0 Å². The predicted molar refractivity (Wildman–Crippen MR) is 147 cm³/mol. The van der Waals surface area contributed by atoms with Gasteiger partial charge in [-0.1, -0.05) is 53.2 Å². The molecule has 0 aromatic carbocycles. The normalized spacial score (nSPS) is 57.3. The number of carboxylic acid groups (broad SMARTS) is 1. The van der Waals surface area contributed by atoms with Gasteiger partial charge in [0.1, 0.15) is 0 Å². The van der Waals surface area contributed by atoms with Gasteiger partial charge in [-0.3, -0.25) is 4.79 Å². The Morgan fingerprint density at radius 2 is 1.66 bits per heavy atom. The predicted octanol–water partition coefficient (Wildman–Crippen LogP) is 6.83. The van der Waals surface area contributed by atoms with E-state index < -0.39 is 23.3 Å². The van der Waals surface area contributed by atoms with Crippen LogP contribution in [0.3, 0.4) is 0 Å². The highest BCUT2D eigenvalue weighted by molar-refractivity contribution is 5.76. The highest BCUT2D eigenvalue weighted by Gasteiger charge is 2.71. The molecule has 0 aromatic heterocycles. The lowest BCUT2D eigenvalue weighted by Gasteiger charge is -2.72. The summed E-state index contributed by atoms with van der Waals surface area (Å²) in [5, 5.41) is 22.2. The quantitative estimate of drug-likeness (QED) is 0.365. The highest BCUT2D eigenvalue weighted by Crippen LogP contribution is 2.76. The second kappa shape index (κ2) is 8.10. The Morgan fingerprint density at radius 1 is 0.947 bits per heavy atom. The molecule has 4 unspecified atom stereocenters. The molecule has 6 aliphatic rings. The van der Waals surface area contributed by atoms with E-state index in [1.54, 1.807) is 0 Å². The van der Waals surface area contributed by atoms with Gasteiger partial charge in [0, 0.05) is 5.41 Å². The average molecular weight is 529 g/mol. The SMILES string of the molecule is C[C@@H]1CC[C@]2(C(=O)O)CC[C@]3(C)C(=CCC4[C@@]5(C)C[C@@H](O)[C@@H]6OC(C)(C)OCC6(C)C5CC[C@]43C)C2[C@H]1C. The third kappa shape index (κ3) is 3.19. The molecular weight excluding hydrogens is 476 g/mol. The standard InChI is InChI=1S/C33H52O5/c1-19-11-14-33(27(35)36)16-15-31(7)21(25(33)20(19)2)9-10-24-29(5)17-22(34)26-30(6,18-37-28(3,4)38-26)23(29)12-13-32(24,31)8/h9,19-20,22-26,34H,10-18H2,1-8H3,(H,35,36)/t19-,20+,22-,23?,24?,25?,26+,29+,30?,31-,32-,33+/m1/s1. The Labute approximate surface area is 230 Å². The summed E-state index contributed by atoms with van der Waals surface area (Å²) in [5.74, 6) is 0.702. The lowest BCUT2D eigenvalue weighted by Crippen LogP contribution is -2.70. The van der Waals surface area contributed by atoms with Crippen LogP contribution in [0.5, 0.6) is 0 Å². The lowest BCUT2D eigenvalue weighted by atomic mass is 9.33. The van der Waals surface area contributed by atoms with Crippen molar-refractivity contribution in [1.82, 2.24) is 0 Å². The van der Waals surface area contributed by atoms with Crippen molar-refractivity contribution in [3.8, 4) is 0 Å². The third-order valence-corrected chi connectivity index (χ3v) is 14.3. The molecule has 5 aliphatic carbocycles. The zero-order chi connectivity index (χ0) is 27.7. The molecule has 4 saturated carbocycles. The number of allylic oxidation sites excluding steroid dienone is 2. The van der Waals surface area contributed by atoms with E-state index in [1.165, 1.54) is 5.57 Å². The number of aliphatic hydroxyl groups is 1. The van der Waals surface area contributed by atoms with Crippen molar-refractivity contribution in [2.24, 2.45) is 56.7 Å². The minimum atomic E-state index is -0.662. The molecule has 1 aliphatic heterocycles. The van der Waals surface area contributed by atoms with E-state index in [0.29, 0.717) is 30.3 Å². The molecule has 214 valence electrons. The van der Waals surface area contributed by atoms with E-state index in [0.717, 1.165) is 51.4 Å². The molecule has 1 heterocycles. The van der Waals surface area contributed by atoms with Gasteiger partial charge in [-0.25, -0.2) is 0 Å². The summed E-state index contributed by atoms with van der Waals surface area (Å²) in [6.45, 7) is 19.0. The van der Waals surface area contributed by atoms with Crippen LogP contribution >= 0.6 is 0 Å². The molecule has 1 saturated heterocycles. The highest BCUT2D eigenvalue weighted by atomic mass is 16.7. The smallest absolute Gasteiger partial charge is 0.310 e. The van der Waals surface area contributed by atoms with Crippen LogP contribution in [0, 0.1) is 56.7 Å². The van der Waals surface area contributed by atoms with E-state index in [1.807, 2.05) is 13.8 Å². The Hall–Kier alpha value is -0.910. The first-order chi connectivity index (χ1) is 17.6. The minimum absolute atomic E-state index is 0.0108. The van der Waals surface area contributed by atoms with Gasteiger partial charge in [0.15, 0.2) is 5.79 Å². The molecule has 0 aromatic rings. The molecule has 0 radical (unpaired) electrons. The summed E-state index contributed by atoms with van der Waals surface area (Å²) >= 11 is 0. The number of fused-ring (bicyclic) bond motifs is 9. The first-order valence-electron chi connectivity index (χ1n) is 15.5. The first-order valence-corrected chi connectivity index (χ1v) is 15.5. The van der Waals surface area contributed by atoms with Crippen molar-refractivity contribution >= 4 is 5.97 Å². The Morgan fingerprint density at radius 3 is 2.34 bits per heavy atom. The Kier molecular flexibility index (Phi) is 5.81. The summed E-state index contributed by atoms with van der Waals surface area (Å²) in [4.78, 5) is 12.9. The first kappa shape index (κ1) is 27.3. The maximum Gasteiger partial charge on any atom is 0.310 e. The molecule has 5 heteroatoms. The van der Waals surface area contributed by atoms with E-state index in [4.69, 9.17) is 9.47 Å². The summed E-state index contributed by atoms with van der Waals surface area (Å²) in [6.07, 6.45) is 9.41. The molecule has 0 spiro atoms. The maximum absolute atomic E-state index is 12.9. The Bertz CT molecular complexity index is 1050. The van der Waals surface area contributed by atoms with E-state index in [9.17, 15) is 15.0 Å². The molecule has 6 rings (SSSR count). The van der Waals surface area contributed by atoms with Crippen LogP contribution in [-0.2, 0) is 14.3 Å². The van der Waals surface area contributed by atoms with Crippen LogP contribution in [0.2, 0.25) is 0 Å². The number of carboxylic acids is 1. The van der Waals surface area contributed by atoms with Crippen molar-refractivity contribution < 1.29 is 24.5 Å². The van der Waals surface area contributed by atoms with Crippen molar-refractivity contribution in [3.63, 3.8) is 0 Å². The lowest BCUT2D eigenvalue weighted by molar-refractivity contribution is -0.368. The van der Waals surface area contributed by atoms with Crippen LogP contribution in [0.15, 0.2) is 11.6 Å². The topological polar surface area (TPSA) is 76.0 Å². The minimum Gasteiger partial charge on any atom is -0.481 e. The Balaban J connectivity index is 1.42. The summed E-state index contributed by atoms with van der Waals surface area (Å²) < 4.78 is 12.7. The second-order valence-corrected chi connectivity index (χ2v) is 16.1. The number of rotatable bonds is 1. The molecule has 38 heavy (non-hydrogen) atoms. The molecular formula is C33H52O5. The fourth-order valence-corrected chi connectivity index (χ4v) is 11.9. The van der Waals surface area contributed by atoms with E-state index in [-0.39, 0.29) is 33.7 Å². The zero-order valence-electron chi connectivity index (χ0n) is 25.1. The molecule has 12 atom stereocenters. The monoisotopic (exact) mass is 528 g/mol. The van der Waals surface area contributed by atoms with Crippen molar-refractivity contribution in [2.45, 2.75) is 125 Å². The van der Waals surface area contributed by atoms with Gasteiger partial charge < -0.3 is 19.7 Å². The van der Waals surface area contributed by atoms with E-state index in [2.05, 4.69) is 47.6 Å². The summed E-state index contributed by atoms with van der Waals surface area (Å²) in [7, 11) is 0. The number of ether oxygens (including phenoxy) is 2. The van der Waals surface area contributed by atoms with Gasteiger partial charge in [0.05, 0.1) is 24.2 Å². The van der Waals surface area contributed by atoms with E-state index >= 15 is 0 Å². The van der Waals surface area contributed by atoms with Gasteiger partial charge in [0.2, 0.25) is 0 Å². The van der Waals surface area contributed by atoms with Crippen molar-refractivity contribution in [1.29, 1.82) is 0 Å². The summed E-state index contributed by atoms with van der Waals surface area (Å²) in [6, 6.07) is 0. The van der Waals surface area contributed by atoms with Crippen LogP contribution in [0.1, 0.15) is 107 Å². The largest absolute Gasteiger partial charge is 0.481 e. The molecule has 0 bridgehead atoms. The average Bonchev–Trinajstić information content (AvgIpc) is 2.82. The number of aliphatic hydroxyl groups excluding tert-OH is 1. The second-order valence-electron chi connectivity index (χ2n) is 16.1. The van der Waals surface area contributed by atoms with Crippen LogP contribution in [0.25, 0.3) is 0 Å². The molecule has 5 nitrogen and oxygen atoms in total. The van der Waals surface area contributed by atoms with Gasteiger partial charge in [-0.2, -0.15) is 0 Å². The fraction of sp³-hybridized carbons (Fsp3) is 0.909. The number of aliphatic carboxylic acids is 1. The van der Waals surface area contributed by atoms with Gasteiger partial charge >= 0.3 is 5.97 Å².